The third-order valence-electron chi connectivity index (χ3n) is 4.60. The number of piperidine rings is 1. The van der Waals surface area contributed by atoms with Crippen LogP contribution in [0.25, 0.3) is 0 Å². The zero-order valence-electron chi connectivity index (χ0n) is 11.6. The van der Waals surface area contributed by atoms with Crippen LogP contribution < -0.4 is 5.32 Å². The van der Waals surface area contributed by atoms with Crippen LogP contribution in [0.15, 0.2) is 0 Å². The van der Waals surface area contributed by atoms with Crippen LogP contribution in [0.2, 0.25) is 0 Å². The minimum atomic E-state index is 0.618. The molecule has 2 nitrogen and oxygen atoms in total. The zero-order valence-corrected chi connectivity index (χ0v) is 11.6. The fourth-order valence-corrected chi connectivity index (χ4v) is 3.64. The van der Waals surface area contributed by atoms with Crippen molar-refractivity contribution in [1.82, 2.24) is 10.2 Å². The van der Waals surface area contributed by atoms with Crippen LogP contribution in [0.4, 0.5) is 0 Å². The molecule has 0 amide bonds. The predicted octanol–water partition coefficient (Wildman–Crippen LogP) is 3.03. The third-order valence-corrected chi connectivity index (χ3v) is 4.60. The van der Waals surface area contributed by atoms with Crippen LogP contribution in [-0.4, -0.2) is 37.6 Å². The van der Waals surface area contributed by atoms with Gasteiger partial charge in [0.25, 0.3) is 0 Å². The number of hydrogen-bond donors (Lipinski definition) is 1. The van der Waals surface area contributed by atoms with E-state index in [1.54, 1.807) is 0 Å². The van der Waals surface area contributed by atoms with E-state index in [1.807, 2.05) is 0 Å². The van der Waals surface area contributed by atoms with E-state index >= 15 is 0 Å². The highest BCUT2D eigenvalue weighted by Crippen LogP contribution is 2.38. The molecule has 1 saturated carbocycles. The van der Waals surface area contributed by atoms with Gasteiger partial charge in [0.2, 0.25) is 0 Å². The van der Waals surface area contributed by atoms with E-state index in [1.165, 1.54) is 84.1 Å². The van der Waals surface area contributed by atoms with Crippen molar-refractivity contribution in [3.05, 3.63) is 0 Å². The third kappa shape index (κ3) is 3.96. The van der Waals surface area contributed by atoms with E-state index < -0.39 is 0 Å². The van der Waals surface area contributed by atoms with Gasteiger partial charge in [0.15, 0.2) is 0 Å². The maximum atomic E-state index is 3.68. The number of hydrogen-bond acceptors (Lipinski definition) is 2. The first-order valence-corrected chi connectivity index (χ1v) is 7.78. The Hall–Kier alpha value is -0.0800. The van der Waals surface area contributed by atoms with Gasteiger partial charge >= 0.3 is 0 Å². The van der Waals surface area contributed by atoms with E-state index in [9.17, 15) is 0 Å². The fraction of sp³-hybridized carbons (Fsp3) is 1.00. The number of likely N-dealkylation sites (tertiary alicyclic amines) is 1. The molecule has 1 aliphatic heterocycles. The van der Waals surface area contributed by atoms with Gasteiger partial charge in [0.1, 0.15) is 0 Å². The first-order chi connectivity index (χ1) is 8.35. The van der Waals surface area contributed by atoms with Gasteiger partial charge in [-0.05, 0) is 57.2 Å². The van der Waals surface area contributed by atoms with Gasteiger partial charge in [-0.2, -0.15) is 0 Å². The van der Waals surface area contributed by atoms with Crippen molar-refractivity contribution < 1.29 is 0 Å². The molecule has 0 aromatic heterocycles. The Bertz CT molecular complexity index is 203. The summed E-state index contributed by atoms with van der Waals surface area (Å²) in [6.07, 6.45) is 11.4. The minimum Gasteiger partial charge on any atom is -0.316 e. The molecule has 0 aromatic rings. The maximum Gasteiger partial charge on any atom is 0.00501 e. The number of nitrogens with one attached hydrogen (secondary N) is 1. The topological polar surface area (TPSA) is 15.3 Å². The molecule has 0 atom stereocenters. The summed E-state index contributed by atoms with van der Waals surface area (Å²) >= 11 is 0. The van der Waals surface area contributed by atoms with E-state index in [4.69, 9.17) is 0 Å². The van der Waals surface area contributed by atoms with Crippen molar-refractivity contribution in [2.45, 2.75) is 58.3 Å². The second-order valence-corrected chi connectivity index (χ2v) is 6.22. The normalized spacial score (nSPS) is 25.2. The maximum absolute atomic E-state index is 3.68. The molecular formula is C15H30N2. The molecular weight excluding hydrogens is 208 g/mol. The molecule has 2 heteroatoms. The summed E-state index contributed by atoms with van der Waals surface area (Å²) in [6, 6.07) is 0. The van der Waals surface area contributed by atoms with Gasteiger partial charge in [-0.25, -0.2) is 0 Å². The average Bonchev–Trinajstić information content (AvgIpc) is 2.80. The van der Waals surface area contributed by atoms with E-state index in [-0.39, 0.29) is 0 Å². The Morgan fingerprint density at radius 2 is 1.71 bits per heavy atom. The molecule has 0 unspecified atom stereocenters. The van der Waals surface area contributed by atoms with E-state index in [0.29, 0.717) is 5.41 Å². The van der Waals surface area contributed by atoms with Gasteiger partial charge in [-0.1, -0.05) is 26.2 Å². The lowest BCUT2D eigenvalue weighted by atomic mass is 9.85. The van der Waals surface area contributed by atoms with Crippen LogP contribution in [0.1, 0.15) is 58.3 Å². The zero-order chi connectivity index (χ0) is 12.0. The average molecular weight is 238 g/mol. The van der Waals surface area contributed by atoms with Crippen LogP contribution in [0.3, 0.4) is 0 Å². The molecule has 100 valence electrons. The molecule has 1 aliphatic carbocycles. The standard InChI is InChI=1S/C15H30N2/c1-2-10-16-13-15(8-4-5-9-15)14-17-11-6-3-7-12-17/h16H,2-14H2,1H3. The highest BCUT2D eigenvalue weighted by Gasteiger charge is 2.35. The summed E-state index contributed by atoms with van der Waals surface area (Å²) in [7, 11) is 0. The van der Waals surface area contributed by atoms with Gasteiger partial charge in [-0.3, -0.25) is 0 Å². The van der Waals surface area contributed by atoms with Crippen LogP contribution in [-0.2, 0) is 0 Å². The molecule has 2 aliphatic rings. The summed E-state index contributed by atoms with van der Waals surface area (Å²) in [5.41, 5.74) is 0.618. The van der Waals surface area contributed by atoms with Crippen LogP contribution >= 0.6 is 0 Å². The van der Waals surface area contributed by atoms with Crippen molar-refractivity contribution in [3.8, 4) is 0 Å². The summed E-state index contributed by atoms with van der Waals surface area (Å²) in [5.74, 6) is 0. The smallest absolute Gasteiger partial charge is 0.00501 e. The number of rotatable bonds is 6. The number of nitrogens with zero attached hydrogens (tertiary/aromatic N) is 1. The second-order valence-electron chi connectivity index (χ2n) is 6.22. The summed E-state index contributed by atoms with van der Waals surface area (Å²) < 4.78 is 0. The van der Waals surface area contributed by atoms with E-state index in [2.05, 4.69) is 17.1 Å². The highest BCUT2D eigenvalue weighted by atomic mass is 15.1. The highest BCUT2D eigenvalue weighted by molar-refractivity contribution is 4.90. The van der Waals surface area contributed by atoms with Gasteiger partial charge in [-0.15, -0.1) is 0 Å². The second kappa shape index (κ2) is 6.75. The fourth-order valence-electron chi connectivity index (χ4n) is 3.64. The minimum absolute atomic E-state index is 0.618. The Kier molecular flexibility index (Phi) is 5.30. The molecule has 1 saturated heterocycles. The van der Waals surface area contributed by atoms with Crippen molar-refractivity contribution in [3.63, 3.8) is 0 Å². The molecule has 0 spiro atoms. The Balaban J connectivity index is 1.82. The van der Waals surface area contributed by atoms with Crippen molar-refractivity contribution in [1.29, 1.82) is 0 Å². The lowest BCUT2D eigenvalue weighted by molar-refractivity contribution is 0.129. The lowest BCUT2D eigenvalue weighted by Gasteiger charge is -2.37. The summed E-state index contributed by atoms with van der Waals surface area (Å²) in [6.45, 7) is 8.80. The monoisotopic (exact) mass is 238 g/mol. The Morgan fingerprint density at radius 3 is 2.35 bits per heavy atom. The van der Waals surface area contributed by atoms with Gasteiger partial charge in [0, 0.05) is 13.1 Å². The Labute approximate surface area is 107 Å². The predicted molar refractivity (Wildman–Crippen MR) is 74.4 cm³/mol. The van der Waals surface area contributed by atoms with E-state index in [0.717, 1.165) is 0 Å². The molecule has 17 heavy (non-hydrogen) atoms. The van der Waals surface area contributed by atoms with Crippen molar-refractivity contribution >= 4 is 0 Å². The molecule has 0 bridgehead atoms. The van der Waals surface area contributed by atoms with Crippen molar-refractivity contribution in [2.24, 2.45) is 5.41 Å². The molecule has 0 aromatic carbocycles. The summed E-state index contributed by atoms with van der Waals surface area (Å²) in [5, 5.41) is 3.68. The van der Waals surface area contributed by atoms with Gasteiger partial charge in [0.05, 0.1) is 0 Å². The molecule has 2 rings (SSSR count). The SMILES string of the molecule is CCCNCC1(CN2CCCCC2)CCCC1. The Morgan fingerprint density at radius 1 is 1.00 bits per heavy atom. The molecule has 1 N–H and O–H groups in total. The van der Waals surface area contributed by atoms with Crippen LogP contribution in [0, 0.1) is 5.41 Å². The molecule has 0 radical (unpaired) electrons. The quantitative estimate of drug-likeness (QED) is 0.716. The summed E-state index contributed by atoms with van der Waals surface area (Å²) in [4.78, 5) is 2.74. The largest absolute Gasteiger partial charge is 0.316 e. The van der Waals surface area contributed by atoms with Crippen LogP contribution in [0.5, 0.6) is 0 Å². The lowest BCUT2D eigenvalue weighted by Crippen LogP contribution is -2.44. The van der Waals surface area contributed by atoms with Crippen molar-refractivity contribution in [2.75, 3.05) is 32.7 Å². The molecule has 1 heterocycles. The van der Waals surface area contributed by atoms with Gasteiger partial charge < -0.3 is 10.2 Å². The molecule has 2 fully saturated rings. The first-order valence-electron chi connectivity index (χ1n) is 7.78. The first kappa shape index (κ1) is 13.4.